The van der Waals surface area contributed by atoms with Crippen molar-refractivity contribution in [2.75, 3.05) is 34.9 Å². The molecule has 0 spiro atoms. The molecule has 1 aliphatic rings. The van der Waals surface area contributed by atoms with Gasteiger partial charge in [-0.1, -0.05) is 0 Å². The first-order valence-corrected chi connectivity index (χ1v) is 11.8. The Hall–Kier alpha value is -2.98. The van der Waals surface area contributed by atoms with E-state index in [0.29, 0.717) is 23.7 Å². The van der Waals surface area contributed by atoms with Crippen LogP contribution in [0.2, 0.25) is 0 Å². The van der Waals surface area contributed by atoms with Gasteiger partial charge >= 0.3 is 0 Å². The van der Waals surface area contributed by atoms with Gasteiger partial charge in [-0.2, -0.15) is 4.31 Å². The number of methoxy groups -OCH3 is 3. The van der Waals surface area contributed by atoms with Gasteiger partial charge in [0.2, 0.25) is 15.9 Å². The van der Waals surface area contributed by atoms with E-state index in [2.05, 4.69) is 5.32 Å². The van der Waals surface area contributed by atoms with E-state index in [1.54, 1.807) is 13.2 Å². The summed E-state index contributed by atoms with van der Waals surface area (Å²) in [6.45, 7) is 3.52. The van der Waals surface area contributed by atoms with Crippen molar-refractivity contribution < 1.29 is 32.2 Å². The van der Waals surface area contributed by atoms with Gasteiger partial charge in [-0.3, -0.25) is 4.79 Å². The second-order valence-corrected chi connectivity index (χ2v) is 10.4. The lowest BCUT2D eigenvalue weighted by Gasteiger charge is -2.38. The number of fused-ring (bicyclic) bond motifs is 1. The Bertz CT molecular complexity index is 1130. The Morgan fingerprint density at radius 2 is 1.79 bits per heavy atom. The molecule has 180 valence electrons. The molecule has 0 aromatic heterocycles. The second-order valence-electron chi connectivity index (χ2n) is 8.37. The summed E-state index contributed by atoms with van der Waals surface area (Å²) in [5.41, 5.74) is 0.282. The molecule has 1 aliphatic heterocycles. The molecule has 10 heteroatoms. The number of carbonyl (C=O) groups is 1. The number of rotatable bonds is 8. The summed E-state index contributed by atoms with van der Waals surface area (Å²) >= 11 is 0. The third-order valence-electron chi connectivity index (χ3n) is 5.44. The Morgan fingerprint density at radius 1 is 1.09 bits per heavy atom. The van der Waals surface area contributed by atoms with Crippen molar-refractivity contribution in [2.24, 2.45) is 0 Å². The third-order valence-corrected chi connectivity index (χ3v) is 7.24. The summed E-state index contributed by atoms with van der Waals surface area (Å²) < 4.78 is 48.7. The summed E-state index contributed by atoms with van der Waals surface area (Å²) in [5.74, 6) is 1.56. The number of benzene rings is 2. The quantitative estimate of drug-likeness (QED) is 0.622. The Labute approximate surface area is 194 Å². The zero-order valence-corrected chi connectivity index (χ0v) is 20.5. The van der Waals surface area contributed by atoms with Crippen LogP contribution in [0.25, 0.3) is 0 Å². The van der Waals surface area contributed by atoms with E-state index in [4.69, 9.17) is 18.9 Å². The van der Waals surface area contributed by atoms with Gasteiger partial charge in [-0.05, 0) is 44.2 Å². The second kappa shape index (κ2) is 9.48. The van der Waals surface area contributed by atoms with Crippen LogP contribution in [0, 0.1) is 0 Å². The number of hydrogen-bond acceptors (Lipinski definition) is 7. The lowest BCUT2D eigenvalue weighted by molar-refractivity contribution is -0.122. The average Bonchev–Trinajstić information content (AvgIpc) is 2.77. The van der Waals surface area contributed by atoms with Crippen molar-refractivity contribution >= 4 is 15.9 Å². The lowest BCUT2D eigenvalue weighted by atomic mass is 9.89. The molecular weight excluding hydrogens is 448 g/mol. The van der Waals surface area contributed by atoms with E-state index in [9.17, 15) is 13.2 Å². The highest BCUT2D eigenvalue weighted by molar-refractivity contribution is 7.89. The van der Waals surface area contributed by atoms with Gasteiger partial charge in [0.15, 0.2) is 11.5 Å². The summed E-state index contributed by atoms with van der Waals surface area (Å²) in [7, 11) is 1.88. The molecule has 1 N–H and O–H groups in total. The van der Waals surface area contributed by atoms with Crippen LogP contribution in [-0.2, 0) is 14.8 Å². The van der Waals surface area contributed by atoms with Gasteiger partial charge in [-0.15, -0.1) is 0 Å². The molecule has 33 heavy (non-hydrogen) atoms. The number of likely N-dealkylation sites (N-methyl/N-ethyl adjacent to an activating group) is 1. The summed E-state index contributed by atoms with van der Waals surface area (Å²) in [4.78, 5) is 12.9. The molecule has 3 rings (SSSR count). The maximum absolute atomic E-state index is 13.0. The Balaban J connectivity index is 1.78. The van der Waals surface area contributed by atoms with Crippen LogP contribution in [-0.4, -0.2) is 59.2 Å². The fourth-order valence-electron chi connectivity index (χ4n) is 3.77. The fourth-order valence-corrected chi connectivity index (χ4v) is 4.92. The average molecular weight is 479 g/mol. The molecular formula is C23H30N2O7S. The van der Waals surface area contributed by atoms with Crippen LogP contribution in [0.1, 0.15) is 31.9 Å². The smallest absolute Gasteiger partial charge is 0.243 e. The first-order chi connectivity index (χ1) is 15.5. The van der Waals surface area contributed by atoms with Gasteiger partial charge in [0.1, 0.15) is 17.1 Å². The molecule has 0 bridgehead atoms. The maximum atomic E-state index is 13.0. The molecule has 0 fully saturated rings. The molecule has 1 unspecified atom stereocenters. The minimum absolute atomic E-state index is 0.00210. The van der Waals surface area contributed by atoms with Crippen molar-refractivity contribution in [2.45, 2.75) is 36.8 Å². The molecule has 0 radical (unpaired) electrons. The van der Waals surface area contributed by atoms with Crippen LogP contribution in [0.15, 0.2) is 41.3 Å². The van der Waals surface area contributed by atoms with Crippen molar-refractivity contribution in [3.63, 3.8) is 0 Å². The van der Waals surface area contributed by atoms with Crippen molar-refractivity contribution in [1.29, 1.82) is 0 Å². The minimum atomic E-state index is -3.93. The number of hydrogen-bond donors (Lipinski definition) is 1. The van der Waals surface area contributed by atoms with Gasteiger partial charge in [-0.25, -0.2) is 8.42 Å². The number of sulfonamides is 1. The van der Waals surface area contributed by atoms with Crippen LogP contribution < -0.4 is 24.3 Å². The predicted molar refractivity (Wildman–Crippen MR) is 123 cm³/mol. The molecule has 1 heterocycles. The van der Waals surface area contributed by atoms with Gasteiger partial charge < -0.3 is 24.3 Å². The van der Waals surface area contributed by atoms with Gasteiger partial charge in [0.05, 0.1) is 38.8 Å². The SMILES string of the molecule is COc1ccc2c(c1)C(NC(=O)CN(C)S(=O)(=O)c1ccc(OC)c(OC)c1)CC(C)(C)O2. The van der Waals surface area contributed by atoms with Crippen LogP contribution in [0.5, 0.6) is 23.0 Å². The molecule has 1 amide bonds. The standard InChI is InChI=1S/C23H30N2O7S/c1-23(2)13-18(17-11-15(29-4)7-9-19(17)32-23)24-22(26)14-25(3)33(27,28)16-8-10-20(30-5)21(12-16)31-6/h7-12,18H,13-14H2,1-6H3,(H,24,26). The first-order valence-electron chi connectivity index (χ1n) is 10.4. The van der Waals surface area contributed by atoms with Crippen molar-refractivity contribution in [3.05, 3.63) is 42.0 Å². The third kappa shape index (κ3) is 5.33. The number of ether oxygens (including phenoxy) is 4. The van der Waals surface area contributed by atoms with E-state index in [0.717, 1.165) is 9.87 Å². The normalized spacial score (nSPS) is 17.0. The molecule has 0 aliphatic carbocycles. The highest BCUT2D eigenvalue weighted by Gasteiger charge is 2.35. The lowest BCUT2D eigenvalue weighted by Crippen LogP contribution is -2.44. The zero-order valence-electron chi connectivity index (χ0n) is 19.7. The zero-order chi connectivity index (χ0) is 24.4. The van der Waals surface area contributed by atoms with Crippen molar-refractivity contribution in [3.8, 4) is 23.0 Å². The van der Waals surface area contributed by atoms with Crippen LogP contribution in [0.4, 0.5) is 0 Å². The first kappa shape index (κ1) is 24.7. The number of nitrogens with one attached hydrogen (secondary N) is 1. The summed E-state index contributed by atoms with van der Waals surface area (Å²) in [6.07, 6.45) is 0.519. The van der Waals surface area contributed by atoms with E-state index in [1.165, 1.54) is 39.5 Å². The van der Waals surface area contributed by atoms with E-state index < -0.39 is 21.5 Å². The van der Waals surface area contributed by atoms with E-state index >= 15 is 0 Å². The maximum Gasteiger partial charge on any atom is 0.243 e. The Morgan fingerprint density at radius 3 is 2.42 bits per heavy atom. The molecule has 0 saturated carbocycles. The molecule has 2 aromatic rings. The largest absolute Gasteiger partial charge is 0.497 e. The van der Waals surface area contributed by atoms with E-state index in [1.807, 2.05) is 26.0 Å². The predicted octanol–water partition coefficient (Wildman–Crippen LogP) is 2.75. The highest BCUT2D eigenvalue weighted by Crippen LogP contribution is 2.41. The summed E-state index contributed by atoms with van der Waals surface area (Å²) in [6, 6.07) is 9.35. The van der Waals surface area contributed by atoms with Crippen molar-refractivity contribution in [1.82, 2.24) is 9.62 Å². The molecule has 0 saturated heterocycles. The van der Waals surface area contributed by atoms with Gasteiger partial charge in [0.25, 0.3) is 0 Å². The highest BCUT2D eigenvalue weighted by atomic mass is 32.2. The molecule has 2 aromatic carbocycles. The number of nitrogens with zero attached hydrogens (tertiary/aromatic N) is 1. The fraction of sp³-hybridized carbons (Fsp3) is 0.435. The number of carbonyl (C=O) groups excluding carboxylic acids is 1. The summed E-state index contributed by atoms with van der Waals surface area (Å²) in [5, 5.41) is 2.95. The van der Waals surface area contributed by atoms with Gasteiger partial charge in [0, 0.05) is 25.1 Å². The number of amides is 1. The Kier molecular flexibility index (Phi) is 7.08. The van der Waals surface area contributed by atoms with Crippen LogP contribution in [0.3, 0.4) is 0 Å². The molecule has 9 nitrogen and oxygen atoms in total. The monoisotopic (exact) mass is 478 g/mol. The minimum Gasteiger partial charge on any atom is -0.497 e. The topological polar surface area (TPSA) is 103 Å². The van der Waals surface area contributed by atoms with E-state index in [-0.39, 0.29) is 23.2 Å². The van der Waals surface area contributed by atoms with Crippen LogP contribution >= 0.6 is 0 Å². The molecule has 1 atom stereocenters.